The number of carbonyl (C=O) groups excluding carboxylic acids is 1. The molecule has 2 rings (SSSR count). The van der Waals surface area contributed by atoms with Gasteiger partial charge in [0.1, 0.15) is 11.4 Å². The number of amides is 1. The number of rotatable bonds is 2. The van der Waals surface area contributed by atoms with Gasteiger partial charge in [-0.25, -0.2) is 9.18 Å². The number of piperazine rings is 1. The molecule has 0 saturated carbocycles. The van der Waals surface area contributed by atoms with Gasteiger partial charge in [-0.2, -0.15) is 0 Å². The summed E-state index contributed by atoms with van der Waals surface area (Å²) in [5, 5.41) is 14.3. The van der Waals surface area contributed by atoms with Gasteiger partial charge in [0, 0.05) is 25.7 Å². The fourth-order valence-electron chi connectivity index (χ4n) is 2.48. The quantitative estimate of drug-likeness (QED) is 0.667. The van der Waals surface area contributed by atoms with Crippen LogP contribution >= 0.6 is 0 Å². The van der Waals surface area contributed by atoms with Crippen molar-refractivity contribution in [3.63, 3.8) is 0 Å². The van der Waals surface area contributed by atoms with Crippen molar-refractivity contribution in [1.29, 1.82) is 0 Å². The fourth-order valence-corrected chi connectivity index (χ4v) is 2.48. The van der Waals surface area contributed by atoms with Crippen LogP contribution in [0.1, 0.15) is 32.4 Å². The molecule has 1 aliphatic rings. The highest BCUT2D eigenvalue weighted by molar-refractivity contribution is 5.69. The van der Waals surface area contributed by atoms with Gasteiger partial charge in [-0.15, -0.1) is 0 Å². The van der Waals surface area contributed by atoms with Gasteiger partial charge in [0.25, 0.3) is 5.69 Å². The first-order valence-electron chi connectivity index (χ1n) is 7.33. The SMILES string of the molecule is CC(C)(C)OC(=O)N1CCNCC1c1cc(F)ccc1[N+](=O)[O-]. The Balaban J connectivity index is 2.37. The topological polar surface area (TPSA) is 84.7 Å². The second-order valence-corrected chi connectivity index (χ2v) is 6.35. The van der Waals surface area contributed by atoms with Crippen LogP contribution in [0.5, 0.6) is 0 Å². The van der Waals surface area contributed by atoms with Crippen LogP contribution in [0.25, 0.3) is 0 Å². The van der Waals surface area contributed by atoms with Crippen molar-refractivity contribution in [2.45, 2.75) is 32.4 Å². The lowest BCUT2D eigenvalue weighted by atomic mass is 10.0. The van der Waals surface area contributed by atoms with Crippen LogP contribution in [0.2, 0.25) is 0 Å². The molecule has 0 aliphatic carbocycles. The monoisotopic (exact) mass is 325 g/mol. The summed E-state index contributed by atoms with van der Waals surface area (Å²) in [5.41, 5.74) is -0.734. The van der Waals surface area contributed by atoms with Gasteiger partial charge >= 0.3 is 6.09 Å². The number of nitro groups is 1. The van der Waals surface area contributed by atoms with E-state index in [-0.39, 0.29) is 11.3 Å². The van der Waals surface area contributed by atoms with E-state index in [2.05, 4.69) is 5.32 Å². The third kappa shape index (κ3) is 4.16. The van der Waals surface area contributed by atoms with Crippen molar-refractivity contribution in [3.8, 4) is 0 Å². The molecule has 1 aromatic carbocycles. The number of benzene rings is 1. The summed E-state index contributed by atoms with van der Waals surface area (Å²) in [7, 11) is 0. The van der Waals surface area contributed by atoms with Crippen molar-refractivity contribution >= 4 is 11.8 Å². The summed E-state index contributed by atoms with van der Waals surface area (Å²) >= 11 is 0. The van der Waals surface area contributed by atoms with E-state index in [0.717, 1.165) is 18.2 Å². The van der Waals surface area contributed by atoms with Crippen LogP contribution in [-0.4, -0.2) is 41.2 Å². The Morgan fingerprint density at radius 3 is 2.78 bits per heavy atom. The summed E-state index contributed by atoms with van der Waals surface area (Å²) in [5.74, 6) is -0.583. The van der Waals surface area contributed by atoms with Crippen LogP contribution < -0.4 is 5.32 Å². The summed E-state index contributed by atoms with van der Waals surface area (Å²) in [4.78, 5) is 24.4. The van der Waals surface area contributed by atoms with Gasteiger partial charge < -0.3 is 10.1 Å². The standard InChI is InChI=1S/C15H20FN3O4/c1-15(2,3)23-14(20)18-7-6-17-9-13(18)11-8-10(16)4-5-12(11)19(21)22/h4-5,8,13,17H,6-7,9H2,1-3H3. The van der Waals surface area contributed by atoms with E-state index in [1.54, 1.807) is 20.8 Å². The summed E-state index contributed by atoms with van der Waals surface area (Å²) < 4.78 is 18.9. The zero-order chi connectivity index (χ0) is 17.2. The second kappa shape index (κ2) is 6.49. The summed E-state index contributed by atoms with van der Waals surface area (Å²) in [6, 6.07) is 2.60. The van der Waals surface area contributed by atoms with Crippen molar-refractivity contribution in [3.05, 3.63) is 39.7 Å². The smallest absolute Gasteiger partial charge is 0.410 e. The van der Waals surface area contributed by atoms with Crippen LogP contribution in [-0.2, 0) is 4.74 Å². The maximum Gasteiger partial charge on any atom is 0.410 e. The minimum absolute atomic E-state index is 0.160. The highest BCUT2D eigenvalue weighted by atomic mass is 19.1. The zero-order valence-electron chi connectivity index (χ0n) is 13.3. The van der Waals surface area contributed by atoms with E-state index in [1.807, 2.05) is 0 Å². The molecule has 1 aromatic rings. The molecule has 1 N–H and O–H groups in total. The Morgan fingerprint density at radius 1 is 1.48 bits per heavy atom. The summed E-state index contributed by atoms with van der Waals surface area (Å²) in [6.07, 6.45) is -0.567. The maximum absolute atomic E-state index is 13.6. The minimum Gasteiger partial charge on any atom is -0.444 e. The molecule has 1 fully saturated rings. The molecule has 0 spiro atoms. The fraction of sp³-hybridized carbons (Fsp3) is 0.533. The van der Waals surface area contributed by atoms with E-state index < -0.39 is 28.5 Å². The van der Waals surface area contributed by atoms with Gasteiger partial charge in [0.15, 0.2) is 0 Å². The Labute approximate surface area is 133 Å². The Morgan fingerprint density at radius 2 is 2.17 bits per heavy atom. The Kier molecular flexibility index (Phi) is 4.84. The molecular weight excluding hydrogens is 305 g/mol. The largest absolute Gasteiger partial charge is 0.444 e. The third-order valence-electron chi connectivity index (χ3n) is 3.42. The first-order valence-corrected chi connectivity index (χ1v) is 7.33. The number of nitrogens with one attached hydrogen (secondary N) is 1. The normalized spacial score (nSPS) is 18.6. The molecule has 0 bridgehead atoms. The molecule has 7 nitrogen and oxygen atoms in total. The second-order valence-electron chi connectivity index (χ2n) is 6.35. The molecule has 1 amide bonds. The van der Waals surface area contributed by atoms with Gasteiger partial charge in [-0.05, 0) is 32.9 Å². The lowest BCUT2D eigenvalue weighted by molar-refractivity contribution is -0.386. The van der Waals surface area contributed by atoms with Crippen LogP contribution in [0.4, 0.5) is 14.9 Å². The molecule has 8 heteroatoms. The molecular formula is C15H20FN3O4. The Bertz CT molecular complexity index is 615. The predicted octanol–water partition coefficient (Wildman–Crippen LogP) is 2.62. The molecule has 1 saturated heterocycles. The van der Waals surface area contributed by atoms with Crippen LogP contribution in [0, 0.1) is 15.9 Å². The van der Waals surface area contributed by atoms with Crippen molar-refractivity contribution in [2.24, 2.45) is 0 Å². The third-order valence-corrected chi connectivity index (χ3v) is 3.42. The highest BCUT2D eigenvalue weighted by Crippen LogP contribution is 2.31. The van der Waals surface area contributed by atoms with Gasteiger partial charge in [0.2, 0.25) is 0 Å². The molecule has 1 heterocycles. The predicted molar refractivity (Wildman–Crippen MR) is 81.6 cm³/mol. The number of halogens is 1. The lowest BCUT2D eigenvalue weighted by Crippen LogP contribution is -2.50. The number of hydrogen-bond donors (Lipinski definition) is 1. The molecule has 1 atom stereocenters. The number of hydrogen-bond acceptors (Lipinski definition) is 5. The summed E-state index contributed by atoms with van der Waals surface area (Å²) in [6.45, 7) is 6.39. The number of carbonyl (C=O) groups is 1. The van der Waals surface area contributed by atoms with E-state index in [0.29, 0.717) is 19.6 Å². The first kappa shape index (κ1) is 17.1. The van der Waals surface area contributed by atoms with Crippen molar-refractivity contribution < 1.29 is 18.8 Å². The van der Waals surface area contributed by atoms with E-state index >= 15 is 0 Å². The number of nitrogens with zero attached hydrogens (tertiary/aromatic N) is 2. The van der Waals surface area contributed by atoms with Crippen LogP contribution in [0.3, 0.4) is 0 Å². The molecule has 126 valence electrons. The van der Waals surface area contributed by atoms with Crippen LogP contribution in [0.15, 0.2) is 18.2 Å². The highest BCUT2D eigenvalue weighted by Gasteiger charge is 2.35. The molecule has 0 aromatic heterocycles. The van der Waals surface area contributed by atoms with E-state index in [4.69, 9.17) is 4.74 Å². The average molecular weight is 325 g/mol. The van der Waals surface area contributed by atoms with Crippen molar-refractivity contribution in [1.82, 2.24) is 10.2 Å². The maximum atomic E-state index is 13.6. The molecule has 1 aliphatic heterocycles. The lowest BCUT2D eigenvalue weighted by Gasteiger charge is -2.37. The number of nitro benzene ring substituents is 1. The first-order chi connectivity index (χ1) is 10.7. The molecule has 1 unspecified atom stereocenters. The molecule has 0 radical (unpaired) electrons. The van der Waals surface area contributed by atoms with Gasteiger partial charge in [-0.1, -0.05) is 0 Å². The average Bonchev–Trinajstić information content (AvgIpc) is 2.45. The van der Waals surface area contributed by atoms with E-state index in [9.17, 15) is 19.3 Å². The Hall–Kier alpha value is -2.22. The molecule has 23 heavy (non-hydrogen) atoms. The van der Waals surface area contributed by atoms with Crippen molar-refractivity contribution in [2.75, 3.05) is 19.6 Å². The zero-order valence-corrected chi connectivity index (χ0v) is 13.3. The van der Waals surface area contributed by atoms with Gasteiger partial charge in [0.05, 0.1) is 16.5 Å². The number of ether oxygens (including phenoxy) is 1. The minimum atomic E-state index is -0.680. The van der Waals surface area contributed by atoms with E-state index in [1.165, 1.54) is 4.90 Å². The van der Waals surface area contributed by atoms with Gasteiger partial charge in [-0.3, -0.25) is 15.0 Å².